The Bertz CT molecular complexity index is 1170. The molecule has 0 bridgehead atoms. The van der Waals surface area contributed by atoms with Gasteiger partial charge in [0.1, 0.15) is 6.04 Å². The summed E-state index contributed by atoms with van der Waals surface area (Å²) < 4.78 is 0. The minimum atomic E-state index is -0.812. The molecule has 3 aromatic carbocycles. The van der Waals surface area contributed by atoms with Crippen LogP contribution in [0, 0.1) is 0 Å². The van der Waals surface area contributed by atoms with Gasteiger partial charge in [-0.3, -0.25) is 9.59 Å². The molecule has 1 aliphatic heterocycles. The Morgan fingerprint density at radius 1 is 0.857 bits per heavy atom. The summed E-state index contributed by atoms with van der Waals surface area (Å²) in [5.41, 5.74) is 2.88. The minimum Gasteiger partial charge on any atom is -0.326 e. The second-order valence-electron chi connectivity index (χ2n) is 8.39. The molecular formula is C27H27ClN4O3. The molecule has 180 valence electrons. The van der Waals surface area contributed by atoms with Crippen molar-refractivity contribution in [1.82, 2.24) is 5.32 Å². The molecule has 8 heteroatoms. The van der Waals surface area contributed by atoms with Crippen LogP contribution in [0.15, 0.2) is 78.9 Å². The Morgan fingerprint density at radius 2 is 1.51 bits per heavy atom. The van der Waals surface area contributed by atoms with Gasteiger partial charge in [0.25, 0.3) is 0 Å². The SMILES string of the molecule is O=C(Nc1ccc(Cl)cc1)NC(Cc1ccccc1)C(=O)Nc1ccc(N2CCCCC2=O)cc1. The molecular weight excluding hydrogens is 464 g/mol. The first-order valence-corrected chi connectivity index (χ1v) is 11.9. The predicted molar refractivity (Wildman–Crippen MR) is 139 cm³/mol. The average molecular weight is 491 g/mol. The minimum absolute atomic E-state index is 0.117. The van der Waals surface area contributed by atoms with E-state index in [0.29, 0.717) is 35.8 Å². The molecule has 4 amide bonds. The van der Waals surface area contributed by atoms with Crippen molar-refractivity contribution in [2.75, 3.05) is 22.1 Å². The number of hydrogen-bond donors (Lipinski definition) is 3. The summed E-state index contributed by atoms with van der Waals surface area (Å²) in [6.45, 7) is 0.705. The maximum absolute atomic E-state index is 13.2. The summed E-state index contributed by atoms with van der Waals surface area (Å²) in [7, 11) is 0. The zero-order chi connectivity index (χ0) is 24.6. The van der Waals surface area contributed by atoms with Crippen LogP contribution >= 0.6 is 11.6 Å². The Kier molecular flexibility index (Phi) is 8.00. The van der Waals surface area contributed by atoms with Crippen molar-refractivity contribution in [3.63, 3.8) is 0 Å². The Labute approximate surface area is 209 Å². The number of nitrogens with one attached hydrogen (secondary N) is 3. The summed E-state index contributed by atoms with van der Waals surface area (Å²) in [6, 6.07) is 22.1. The monoisotopic (exact) mass is 490 g/mol. The first-order valence-electron chi connectivity index (χ1n) is 11.6. The van der Waals surface area contributed by atoms with E-state index in [-0.39, 0.29) is 11.8 Å². The van der Waals surface area contributed by atoms with E-state index in [1.54, 1.807) is 41.3 Å². The van der Waals surface area contributed by atoms with Crippen LogP contribution in [0.4, 0.5) is 21.9 Å². The maximum Gasteiger partial charge on any atom is 0.319 e. The highest BCUT2D eigenvalue weighted by Gasteiger charge is 2.23. The molecule has 0 aromatic heterocycles. The second-order valence-corrected chi connectivity index (χ2v) is 8.82. The van der Waals surface area contributed by atoms with E-state index in [2.05, 4.69) is 16.0 Å². The fourth-order valence-corrected chi connectivity index (χ4v) is 4.08. The van der Waals surface area contributed by atoms with E-state index >= 15 is 0 Å². The van der Waals surface area contributed by atoms with Gasteiger partial charge in [-0.25, -0.2) is 4.79 Å². The third-order valence-corrected chi connectivity index (χ3v) is 6.03. The zero-order valence-corrected chi connectivity index (χ0v) is 19.9. The van der Waals surface area contributed by atoms with Crippen LogP contribution < -0.4 is 20.9 Å². The first-order chi connectivity index (χ1) is 17.0. The van der Waals surface area contributed by atoms with Crippen LogP contribution in [0.5, 0.6) is 0 Å². The quantitative estimate of drug-likeness (QED) is 0.423. The van der Waals surface area contributed by atoms with Crippen LogP contribution in [-0.2, 0) is 16.0 Å². The lowest BCUT2D eigenvalue weighted by atomic mass is 10.1. The van der Waals surface area contributed by atoms with E-state index in [1.165, 1.54) is 0 Å². The molecule has 1 saturated heterocycles. The predicted octanol–water partition coefficient (Wildman–Crippen LogP) is 5.23. The molecule has 35 heavy (non-hydrogen) atoms. The Morgan fingerprint density at radius 3 is 2.20 bits per heavy atom. The number of anilines is 3. The van der Waals surface area contributed by atoms with Crippen LogP contribution in [0.1, 0.15) is 24.8 Å². The van der Waals surface area contributed by atoms with Crippen molar-refractivity contribution in [3.05, 3.63) is 89.4 Å². The van der Waals surface area contributed by atoms with Crippen molar-refractivity contribution >= 4 is 46.5 Å². The third kappa shape index (κ3) is 6.83. The van der Waals surface area contributed by atoms with Gasteiger partial charge in [-0.1, -0.05) is 41.9 Å². The topological polar surface area (TPSA) is 90.5 Å². The van der Waals surface area contributed by atoms with Gasteiger partial charge in [0.05, 0.1) is 0 Å². The molecule has 1 fully saturated rings. The second kappa shape index (κ2) is 11.5. The van der Waals surface area contributed by atoms with Gasteiger partial charge in [-0.05, 0) is 66.9 Å². The molecule has 0 saturated carbocycles. The van der Waals surface area contributed by atoms with E-state index in [0.717, 1.165) is 24.1 Å². The molecule has 1 heterocycles. The number of benzene rings is 3. The highest BCUT2D eigenvalue weighted by molar-refractivity contribution is 6.30. The van der Waals surface area contributed by atoms with Crippen LogP contribution in [-0.4, -0.2) is 30.4 Å². The third-order valence-electron chi connectivity index (χ3n) is 5.78. The van der Waals surface area contributed by atoms with Gasteiger partial charge < -0.3 is 20.9 Å². The van der Waals surface area contributed by atoms with Gasteiger partial charge in [0.2, 0.25) is 11.8 Å². The molecule has 0 spiro atoms. The Balaban J connectivity index is 1.43. The lowest BCUT2D eigenvalue weighted by Gasteiger charge is -2.27. The number of carbonyl (C=O) groups is 3. The highest BCUT2D eigenvalue weighted by Crippen LogP contribution is 2.23. The number of hydrogen-bond acceptors (Lipinski definition) is 3. The van der Waals surface area contributed by atoms with Gasteiger partial charge in [0, 0.05) is 41.5 Å². The Hall–Kier alpha value is -3.84. The van der Waals surface area contributed by atoms with Crippen LogP contribution in [0.2, 0.25) is 5.02 Å². The number of amides is 4. The fourth-order valence-electron chi connectivity index (χ4n) is 3.95. The maximum atomic E-state index is 13.2. The number of nitrogens with zero attached hydrogens (tertiary/aromatic N) is 1. The van der Waals surface area contributed by atoms with E-state index < -0.39 is 12.1 Å². The van der Waals surface area contributed by atoms with Gasteiger partial charge in [-0.15, -0.1) is 0 Å². The van der Waals surface area contributed by atoms with E-state index in [1.807, 2.05) is 42.5 Å². The summed E-state index contributed by atoms with van der Waals surface area (Å²) in [5.74, 6) is -0.228. The summed E-state index contributed by atoms with van der Waals surface area (Å²) in [4.78, 5) is 39.7. The summed E-state index contributed by atoms with van der Waals surface area (Å²) in [5, 5.41) is 8.94. The molecule has 3 N–H and O–H groups in total. The molecule has 4 rings (SSSR count). The summed E-state index contributed by atoms with van der Waals surface area (Å²) >= 11 is 5.90. The lowest BCUT2D eigenvalue weighted by molar-refractivity contribution is -0.119. The van der Waals surface area contributed by atoms with E-state index in [9.17, 15) is 14.4 Å². The molecule has 1 unspecified atom stereocenters. The number of rotatable bonds is 7. The zero-order valence-electron chi connectivity index (χ0n) is 19.2. The number of carbonyl (C=O) groups excluding carboxylic acids is 3. The van der Waals surface area contributed by atoms with Gasteiger partial charge in [-0.2, -0.15) is 0 Å². The highest BCUT2D eigenvalue weighted by atomic mass is 35.5. The van der Waals surface area contributed by atoms with E-state index in [4.69, 9.17) is 11.6 Å². The summed E-state index contributed by atoms with van der Waals surface area (Å²) in [6.07, 6.45) is 2.78. The van der Waals surface area contributed by atoms with Gasteiger partial charge >= 0.3 is 6.03 Å². The van der Waals surface area contributed by atoms with Gasteiger partial charge in [0.15, 0.2) is 0 Å². The lowest BCUT2D eigenvalue weighted by Crippen LogP contribution is -2.46. The molecule has 0 radical (unpaired) electrons. The van der Waals surface area contributed by atoms with Crippen LogP contribution in [0.3, 0.4) is 0 Å². The standard InChI is InChI=1S/C27H27ClN4O3/c28-20-9-11-22(12-10-20)30-27(35)31-24(18-19-6-2-1-3-7-19)26(34)29-21-13-15-23(16-14-21)32-17-5-4-8-25(32)33/h1-3,6-7,9-16,24H,4-5,8,17-18H2,(H,29,34)(H2,30,31,35). The number of piperidine rings is 1. The van der Waals surface area contributed by atoms with Crippen molar-refractivity contribution < 1.29 is 14.4 Å². The molecule has 3 aromatic rings. The molecule has 0 aliphatic carbocycles. The first kappa shape index (κ1) is 24.3. The van der Waals surface area contributed by atoms with Crippen LogP contribution in [0.25, 0.3) is 0 Å². The molecule has 7 nitrogen and oxygen atoms in total. The van der Waals surface area contributed by atoms with Crippen molar-refractivity contribution in [1.29, 1.82) is 0 Å². The molecule has 1 atom stereocenters. The number of halogens is 1. The smallest absolute Gasteiger partial charge is 0.319 e. The van der Waals surface area contributed by atoms with Crippen molar-refractivity contribution in [3.8, 4) is 0 Å². The number of urea groups is 1. The average Bonchev–Trinajstić information content (AvgIpc) is 2.86. The largest absolute Gasteiger partial charge is 0.326 e. The fraction of sp³-hybridized carbons (Fsp3) is 0.222. The van der Waals surface area contributed by atoms with Crippen molar-refractivity contribution in [2.45, 2.75) is 31.7 Å². The normalized spacial score (nSPS) is 14.2. The van der Waals surface area contributed by atoms with Crippen molar-refractivity contribution in [2.24, 2.45) is 0 Å². The molecule has 1 aliphatic rings.